The van der Waals surface area contributed by atoms with Crippen LogP contribution in [0.5, 0.6) is 0 Å². The van der Waals surface area contributed by atoms with E-state index in [0.717, 1.165) is 17.5 Å². The van der Waals surface area contributed by atoms with Gasteiger partial charge in [-0.3, -0.25) is 0 Å². The Morgan fingerprint density at radius 3 is 3.00 bits per heavy atom. The molecule has 0 fully saturated rings. The predicted molar refractivity (Wildman–Crippen MR) is 70.2 cm³/mol. The molecule has 0 amide bonds. The number of hydrogen-bond acceptors (Lipinski definition) is 1. The van der Waals surface area contributed by atoms with Crippen LogP contribution < -0.4 is 5.32 Å². The van der Waals surface area contributed by atoms with E-state index in [0.29, 0.717) is 5.92 Å². The van der Waals surface area contributed by atoms with Gasteiger partial charge in [0.1, 0.15) is 0 Å². The second kappa shape index (κ2) is 5.20. The summed E-state index contributed by atoms with van der Waals surface area (Å²) in [5, 5.41) is 4.12. The zero-order valence-electron chi connectivity index (χ0n) is 10.1. The molecule has 2 rings (SSSR count). The molecule has 16 heavy (non-hydrogen) atoms. The van der Waals surface area contributed by atoms with Crippen LogP contribution in [0.3, 0.4) is 0 Å². The van der Waals surface area contributed by atoms with E-state index in [-0.39, 0.29) is 0 Å². The van der Waals surface area contributed by atoms with Crippen LogP contribution in [0, 0.1) is 5.92 Å². The second-order valence-electron chi connectivity index (χ2n) is 4.98. The van der Waals surface area contributed by atoms with Crippen molar-refractivity contribution in [3.8, 4) is 0 Å². The van der Waals surface area contributed by atoms with E-state index in [1.165, 1.54) is 30.4 Å². The van der Waals surface area contributed by atoms with Crippen LogP contribution in [0.2, 0.25) is 5.02 Å². The van der Waals surface area contributed by atoms with Gasteiger partial charge in [0, 0.05) is 5.02 Å². The minimum atomic E-state index is 0.685. The molecule has 0 aromatic heterocycles. The molecule has 0 radical (unpaired) electrons. The summed E-state index contributed by atoms with van der Waals surface area (Å²) in [6.45, 7) is 3.44. The van der Waals surface area contributed by atoms with E-state index in [9.17, 15) is 0 Å². The lowest BCUT2D eigenvalue weighted by atomic mass is 9.76. The highest BCUT2D eigenvalue weighted by molar-refractivity contribution is 6.30. The lowest BCUT2D eigenvalue weighted by molar-refractivity contribution is 0.412. The number of nitrogens with one attached hydrogen (secondary N) is 1. The third-order valence-electron chi connectivity index (χ3n) is 3.55. The summed E-state index contributed by atoms with van der Waals surface area (Å²) < 4.78 is 0. The molecule has 1 aromatic rings. The van der Waals surface area contributed by atoms with Crippen LogP contribution in [0.1, 0.15) is 36.8 Å². The second-order valence-corrected chi connectivity index (χ2v) is 5.41. The largest absolute Gasteiger partial charge is 0.320 e. The average Bonchev–Trinajstić information content (AvgIpc) is 2.26. The van der Waals surface area contributed by atoms with E-state index in [2.05, 4.69) is 24.4 Å². The van der Waals surface area contributed by atoms with Crippen molar-refractivity contribution in [2.45, 2.75) is 32.1 Å². The first-order chi connectivity index (χ1) is 7.70. The van der Waals surface area contributed by atoms with Gasteiger partial charge in [0.15, 0.2) is 0 Å². The van der Waals surface area contributed by atoms with Crippen LogP contribution in [0.15, 0.2) is 18.2 Å². The van der Waals surface area contributed by atoms with E-state index >= 15 is 0 Å². The smallest absolute Gasteiger partial charge is 0.0409 e. The highest BCUT2D eigenvalue weighted by Gasteiger charge is 2.24. The minimum Gasteiger partial charge on any atom is -0.320 e. The minimum absolute atomic E-state index is 0.685. The van der Waals surface area contributed by atoms with Gasteiger partial charge < -0.3 is 5.32 Å². The van der Waals surface area contributed by atoms with Gasteiger partial charge in [0.05, 0.1) is 0 Å². The van der Waals surface area contributed by atoms with Crippen molar-refractivity contribution in [3.63, 3.8) is 0 Å². The van der Waals surface area contributed by atoms with Crippen LogP contribution >= 0.6 is 11.6 Å². The Kier molecular flexibility index (Phi) is 3.88. The molecular weight excluding hydrogens is 218 g/mol. The van der Waals surface area contributed by atoms with E-state index in [1.807, 2.05) is 13.1 Å². The van der Waals surface area contributed by atoms with Gasteiger partial charge >= 0.3 is 0 Å². The number of benzene rings is 1. The van der Waals surface area contributed by atoms with Crippen LogP contribution in [0.4, 0.5) is 0 Å². The Balaban J connectivity index is 2.24. The monoisotopic (exact) mass is 237 g/mol. The molecule has 0 saturated carbocycles. The number of halogens is 1. The zero-order valence-corrected chi connectivity index (χ0v) is 10.8. The maximum absolute atomic E-state index is 6.10. The highest BCUT2D eigenvalue weighted by atomic mass is 35.5. The Morgan fingerprint density at radius 1 is 1.44 bits per heavy atom. The van der Waals surface area contributed by atoms with Gasteiger partial charge in [0.25, 0.3) is 0 Å². The standard InChI is InChI=1S/C14H20ClN/c1-10-7-11-3-4-13(15)9-14(11)12(8-10)5-6-16-2/h3-4,9-10,12,16H,5-8H2,1-2H3. The lowest BCUT2D eigenvalue weighted by Crippen LogP contribution is -2.20. The van der Waals surface area contributed by atoms with Crippen molar-refractivity contribution in [1.29, 1.82) is 0 Å². The summed E-state index contributed by atoms with van der Waals surface area (Å²) in [4.78, 5) is 0. The first-order valence-corrected chi connectivity index (χ1v) is 6.51. The number of fused-ring (bicyclic) bond motifs is 1. The third kappa shape index (κ3) is 2.58. The molecule has 2 heteroatoms. The van der Waals surface area contributed by atoms with Gasteiger partial charge in [-0.15, -0.1) is 0 Å². The van der Waals surface area contributed by atoms with Crippen molar-refractivity contribution >= 4 is 11.6 Å². The molecule has 88 valence electrons. The van der Waals surface area contributed by atoms with Gasteiger partial charge in [-0.1, -0.05) is 24.6 Å². The number of rotatable bonds is 3. The first kappa shape index (κ1) is 11.9. The molecule has 0 bridgehead atoms. The Morgan fingerprint density at radius 2 is 2.25 bits per heavy atom. The highest BCUT2D eigenvalue weighted by Crippen LogP contribution is 2.37. The predicted octanol–water partition coefficient (Wildman–Crippen LogP) is 3.62. The van der Waals surface area contributed by atoms with Gasteiger partial charge in [-0.25, -0.2) is 0 Å². The maximum atomic E-state index is 6.10. The molecule has 1 aromatic carbocycles. The van der Waals surface area contributed by atoms with E-state index in [1.54, 1.807) is 0 Å². The summed E-state index contributed by atoms with van der Waals surface area (Å²) in [6, 6.07) is 6.40. The molecule has 2 unspecified atom stereocenters. The topological polar surface area (TPSA) is 12.0 Å². The van der Waals surface area contributed by atoms with Crippen LogP contribution in [0.25, 0.3) is 0 Å². The summed E-state index contributed by atoms with van der Waals surface area (Å²) in [7, 11) is 2.02. The molecular formula is C14H20ClN. The molecule has 1 nitrogen and oxygen atoms in total. The van der Waals surface area contributed by atoms with Crippen LogP contribution in [-0.4, -0.2) is 13.6 Å². The SMILES string of the molecule is CNCCC1CC(C)Cc2ccc(Cl)cc21. The first-order valence-electron chi connectivity index (χ1n) is 6.13. The molecule has 0 aliphatic heterocycles. The molecule has 1 aliphatic rings. The molecule has 0 saturated heterocycles. The fourth-order valence-electron chi connectivity index (χ4n) is 2.80. The van der Waals surface area contributed by atoms with E-state index in [4.69, 9.17) is 11.6 Å². The van der Waals surface area contributed by atoms with Crippen molar-refractivity contribution in [1.82, 2.24) is 5.32 Å². The lowest BCUT2D eigenvalue weighted by Gasteiger charge is -2.30. The molecule has 1 N–H and O–H groups in total. The van der Waals surface area contributed by atoms with E-state index < -0.39 is 0 Å². The Labute approximate surface area is 103 Å². The van der Waals surface area contributed by atoms with Gasteiger partial charge in [0.2, 0.25) is 0 Å². The summed E-state index contributed by atoms with van der Waals surface area (Å²) in [5.74, 6) is 1.49. The summed E-state index contributed by atoms with van der Waals surface area (Å²) in [5.41, 5.74) is 2.99. The Bertz CT molecular complexity index is 362. The fourth-order valence-corrected chi connectivity index (χ4v) is 2.98. The van der Waals surface area contributed by atoms with Crippen molar-refractivity contribution in [2.75, 3.05) is 13.6 Å². The van der Waals surface area contributed by atoms with Crippen molar-refractivity contribution in [3.05, 3.63) is 34.3 Å². The third-order valence-corrected chi connectivity index (χ3v) is 3.78. The quantitative estimate of drug-likeness (QED) is 0.847. The normalized spacial score (nSPS) is 24.2. The molecule has 1 aliphatic carbocycles. The average molecular weight is 238 g/mol. The van der Waals surface area contributed by atoms with Gasteiger partial charge in [-0.2, -0.15) is 0 Å². The molecule has 0 spiro atoms. The number of hydrogen-bond donors (Lipinski definition) is 1. The zero-order chi connectivity index (χ0) is 11.5. The maximum Gasteiger partial charge on any atom is 0.0409 e. The van der Waals surface area contributed by atoms with Crippen molar-refractivity contribution < 1.29 is 0 Å². The van der Waals surface area contributed by atoms with Crippen LogP contribution in [-0.2, 0) is 6.42 Å². The Hall–Kier alpha value is -0.530. The van der Waals surface area contributed by atoms with Gasteiger partial charge in [-0.05, 0) is 68.0 Å². The molecule has 2 atom stereocenters. The molecule has 0 heterocycles. The fraction of sp³-hybridized carbons (Fsp3) is 0.571. The summed E-state index contributed by atoms with van der Waals surface area (Å²) >= 11 is 6.10. The summed E-state index contributed by atoms with van der Waals surface area (Å²) in [6.07, 6.45) is 3.73. The van der Waals surface area contributed by atoms with Crippen molar-refractivity contribution in [2.24, 2.45) is 5.92 Å².